The van der Waals surface area contributed by atoms with E-state index in [1.807, 2.05) is 30.3 Å². The van der Waals surface area contributed by atoms with Gasteiger partial charge in [-0.1, -0.05) is 12.1 Å². The number of piperidine rings is 1. The second-order valence-electron chi connectivity index (χ2n) is 6.86. The third-order valence-electron chi connectivity index (χ3n) is 4.93. The van der Waals surface area contributed by atoms with Gasteiger partial charge in [0.2, 0.25) is 5.91 Å². The van der Waals surface area contributed by atoms with Crippen molar-refractivity contribution in [3.05, 3.63) is 48.3 Å². The Hall–Kier alpha value is -2.35. The molecule has 0 aliphatic carbocycles. The van der Waals surface area contributed by atoms with Gasteiger partial charge < -0.3 is 20.7 Å². The normalized spacial score (nSPS) is 15.4. The van der Waals surface area contributed by atoms with E-state index in [9.17, 15) is 9.59 Å². The highest BCUT2D eigenvalue weighted by Crippen LogP contribution is 2.24. The molecular formula is C21H28Cl2N4O3. The highest BCUT2D eigenvalue weighted by Gasteiger charge is 2.29. The van der Waals surface area contributed by atoms with Crippen molar-refractivity contribution in [1.29, 1.82) is 0 Å². The predicted octanol–water partition coefficient (Wildman–Crippen LogP) is 2.53. The molecule has 7 nitrogen and oxygen atoms in total. The highest BCUT2D eigenvalue weighted by molar-refractivity contribution is 5.95. The van der Waals surface area contributed by atoms with Crippen molar-refractivity contribution < 1.29 is 14.3 Å². The van der Waals surface area contributed by atoms with Crippen LogP contribution in [-0.4, -0.2) is 55.0 Å². The molecule has 0 radical (unpaired) electrons. The van der Waals surface area contributed by atoms with E-state index < -0.39 is 0 Å². The highest BCUT2D eigenvalue weighted by atomic mass is 35.5. The van der Waals surface area contributed by atoms with Crippen LogP contribution in [0.3, 0.4) is 0 Å². The number of likely N-dealkylation sites (tertiary alicyclic amines) is 1. The molecule has 0 saturated carbocycles. The number of aromatic nitrogens is 1. The van der Waals surface area contributed by atoms with Crippen LogP contribution in [0.5, 0.6) is 5.75 Å². The third-order valence-corrected chi connectivity index (χ3v) is 4.93. The second-order valence-corrected chi connectivity index (χ2v) is 6.86. The van der Waals surface area contributed by atoms with E-state index >= 15 is 0 Å². The zero-order valence-corrected chi connectivity index (χ0v) is 18.5. The van der Waals surface area contributed by atoms with Crippen molar-refractivity contribution in [2.24, 2.45) is 11.7 Å². The maximum atomic E-state index is 13.0. The van der Waals surface area contributed by atoms with Crippen LogP contribution in [0.4, 0.5) is 0 Å². The molecule has 3 N–H and O–H groups in total. The molecule has 9 heteroatoms. The number of pyridine rings is 1. The summed E-state index contributed by atoms with van der Waals surface area (Å²) in [5.41, 5.74) is 7.79. The molecule has 2 amide bonds. The van der Waals surface area contributed by atoms with Crippen molar-refractivity contribution >= 4 is 36.6 Å². The lowest BCUT2D eigenvalue weighted by Crippen LogP contribution is -2.46. The molecule has 0 bridgehead atoms. The molecule has 1 aliphatic rings. The Kier molecular flexibility index (Phi) is 10.6. The SMILES string of the molecule is COc1ccc(-c2cncc(C(=O)N3CCCC(C(=O)NCCN)C3)c2)cc1.Cl.Cl. The standard InChI is InChI=1S/C21H26N4O3.2ClH/c1-28-19-6-4-15(5-7-19)17-11-18(13-23-12-17)21(27)25-10-2-3-16(14-25)20(26)24-9-8-22;;/h4-7,11-13,16H,2-3,8-10,14,22H2,1H3,(H,24,26);2*1H. The van der Waals surface area contributed by atoms with E-state index in [0.29, 0.717) is 31.7 Å². The molecule has 1 aromatic heterocycles. The van der Waals surface area contributed by atoms with Gasteiger partial charge in [-0.05, 0) is 36.6 Å². The minimum atomic E-state index is -0.193. The Morgan fingerprint density at radius 1 is 1.20 bits per heavy atom. The fourth-order valence-corrected chi connectivity index (χ4v) is 3.40. The number of rotatable bonds is 6. The van der Waals surface area contributed by atoms with E-state index in [1.54, 1.807) is 24.4 Å². The van der Waals surface area contributed by atoms with Crippen LogP contribution in [0, 0.1) is 5.92 Å². The quantitative estimate of drug-likeness (QED) is 0.698. The number of benzene rings is 1. The van der Waals surface area contributed by atoms with E-state index in [0.717, 1.165) is 29.7 Å². The summed E-state index contributed by atoms with van der Waals surface area (Å²) in [6, 6.07) is 9.46. The summed E-state index contributed by atoms with van der Waals surface area (Å²) in [5, 5.41) is 2.82. The molecule has 0 spiro atoms. The molecule has 2 aromatic rings. The number of nitrogens with two attached hydrogens (primary N) is 1. The number of carbonyl (C=O) groups excluding carboxylic acids is 2. The predicted molar refractivity (Wildman–Crippen MR) is 121 cm³/mol. The van der Waals surface area contributed by atoms with Crippen LogP contribution in [-0.2, 0) is 4.79 Å². The van der Waals surface area contributed by atoms with Gasteiger partial charge in [0.1, 0.15) is 5.75 Å². The van der Waals surface area contributed by atoms with Crippen LogP contribution in [0.1, 0.15) is 23.2 Å². The first kappa shape index (κ1) is 25.7. The third kappa shape index (κ3) is 6.32. The Bertz CT molecular complexity index is 833. The first-order chi connectivity index (χ1) is 13.6. The summed E-state index contributed by atoms with van der Waals surface area (Å²) in [7, 11) is 1.62. The van der Waals surface area contributed by atoms with Crippen LogP contribution in [0.25, 0.3) is 11.1 Å². The van der Waals surface area contributed by atoms with Crippen molar-refractivity contribution in [1.82, 2.24) is 15.2 Å². The molecule has 1 atom stereocenters. The van der Waals surface area contributed by atoms with Crippen LogP contribution in [0.15, 0.2) is 42.7 Å². The zero-order chi connectivity index (χ0) is 19.9. The van der Waals surface area contributed by atoms with Crippen LogP contribution in [0.2, 0.25) is 0 Å². The minimum Gasteiger partial charge on any atom is -0.497 e. The lowest BCUT2D eigenvalue weighted by atomic mass is 9.96. The van der Waals surface area contributed by atoms with Crippen LogP contribution < -0.4 is 15.8 Å². The summed E-state index contributed by atoms with van der Waals surface area (Å²) >= 11 is 0. The Labute approximate surface area is 189 Å². The minimum absolute atomic E-state index is 0. The van der Waals surface area contributed by atoms with E-state index in [4.69, 9.17) is 10.5 Å². The molecule has 1 fully saturated rings. The number of hydrogen-bond acceptors (Lipinski definition) is 5. The Morgan fingerprint density at radius 2 is 1.93 bits per heavy atom. The molecule has 1 aliphatic heterocycles. The maximum Gasteiger partial charge on any atom is 0.255 e. The van der Waals surface area contributed by atoms with Gasteiger partial charge in [0, 0.05) is 44.1 Å². The first-order valence-electron chi connectivity index (χ1n) is 9.49. The number of nitrogens with one attached hydrogen (secondary N) is 1. The van der Waals surface area contributed by atoms with Crippen LogP contribution >= 0.6 is 24.8 Å². The number of hydrogen-bond donors (Lipinski definition) is 2. The second kappa shape index (κ2) is 12.4. The lowest BCUT2D eigenvalue weighted by Gasteiger charge is -2.32. The van der Waals surface area contributed by atoms with E-state index in [2.05, 4.69) is 10.3 Å². The fourth-order valence-electron chi connectivity index (χ4n) is 3.40. The summed E-state index contributed by atoms with van der Waals surface area (Å²) in [4.78, 5) is 31.2. The maximum absolute atomic E-state index is 13.0. The number of halogens is 2. The summed E-state index contributed by atoms with van der Waals surface area (Å²) in [5.74, 6) is 0.449. The fraction of sp³-hybridized carbons (Fsp3) is 0.381. The summed E-state index contributed by atoms with van der Waals surface area (Å²) < 4.78 is 5.18. The van der Waals surface area contributed by atoms with Gasteiger partial charge in [-0.3, -0.25) is 14.6 Å². The summed E-state index contributed by atoms with van der Waals surface area (Å²) in [6.45, 7) is 1.93. The molecule has 1 unspecified atom stereocenters. The number of methoxy groups -OCH3 is 1. The van der Waals surface area contributed by atoms with Gasteiger partial charge in [-0.2, -0.15) is 0 Å². The smallest absolute Gasteiger partial charge is 0.255 e. The van der Waals surface area contributed by atoms with Crippen molar-refractivity contribution in [3.63, 3.8) is 0 Å². The number of nitrogens with zero attached hydrogens (tertiary/aromatic N) is 2. The number of ether oxygens (including phenoxy) is 1. The summed E-state index contributed by atoms with van der Waals surface area (Å²) in [6.07, 6.45) is 4.90. The Balaban J connectivity index is 0.00000225. The molecule has 30 heavy (non-hydrogen) atoms. The van der Waals surface area contributed by atoms with Gasteiger partial charge in [-0.25, -0.2) is 0 Å². The largest absolute Gasteiger partial charge is 0.497 e. The molecule has 3 rings (SSSR count). The molecule has 2 heterocycles. The van der Waals surface area contributed by atoms with Crippen molar-refractivity contribution in [2.45, 2.75) is 12.8 Å². The Morgan fingerprint density at radius 3 is 2.60 bits per heavy atom. The molecular weight excluding hydrogens is 427 g/mol. The topological polar surface area (TPSA) is 97.5 Å². The van der Waals surface area contributed by atoms with Gasteiger partial charge in [0.15, 0.2) is 0 Å². The zero-order valence-electron chi connectivity index (χ0n) is 16.9. The van der Waals surface area contributed by atoms with Gasteiger partial charge in [-0.15, -0.1) is 24.8 Å². The average molecular weight is 455 g/mol. The monoisotopic (exact) mass is 454 g/mol. The van der Waals surface area contributed by atoms with Gasteiger partial charge in [0.25, 0.3) is 5.91 Å². The van der Waals surface area contributed by atoms with Crippen molar-refractivity contribution in [3.8, 4) is 16.9 Å². The van der Waals surface area contributed by atoms with E-state index in [-0.39, 0.29) is 42.5 Å². The van der Waals surface area contributed by atoms with E-state index in [1.165, 1.54) is 0 Å². The average Bonchev–Trinajstić information content (AvgIpc) is 2.77. The first-order valence-corrected chi connectivity index (χ1v) is 9.49. The molecule has 164 valence electrons. The molecule has 1 saturated heterocycles. The van der Waals surface area contributed by atoms with Crippen molar-refractivity contribution in [2.75, 3.05) is 33.3 Å². The van der Waals surface area contributed by atoms with Gasteiger partial charge >= 0.3 is 0 Å². The number of amides is 2. The number of carbonyl (C=O) groups is 2. The lowest BCUT2D eigenvalue weighted by molar-refractivity contribution is -0.126. The van der Waals surface area contributed by atoms with Gasteiger partial charge in [0.05, 0.1) is 18.6 Å². The molecule has 1 aromatic carbocycles.